The third-order valence-corrected chi connectivity index (χ3v) is 6.59. The van der Waals surface area contributed by atoms with Gasteiger partial charge in [-0.2, -0.15) is 0 Å². The molecule has 0 bridgehead atoms. The number of anilines is 1. The smallest absolute Gasteiger partial charge is 0.317 e. The van der Waals surface area contributed by atoms with Gasteiger partial charge in [0.1, 0.15) is 10.8 Å². The lowest BCUT2D eigenvalue weighted by Gasteiger charge is -2.36. The Hall–Kier alpha value is -3.06. The molecule has 0 spiro atoms. The minimum Gasteiger partial charge on any atom is -0.492 e. The van der Waals surface area contributed by atoms with Crippen LogP contribution in [0.5, 0.6) is 5.75 Å². The van der Waals surface area contributed by atoms with Crippen molar-refractivity contribution < 1.29 is 9.53 Å². The minimum absolute atomic E-state index is 0.0215. The highest BCUT2D eigenvalue weighted by Crippen LogP contribution is 2.29. The molecule has 1 fully saturated rings. The van der Waals surface area contributed by atoms with Crippen LogP contribution in [0.15, 0.2) is 54.6 Å². The van der Waals surface area contributed by atoms with Crippen molar-refractivity contribution in [1.82, 2.24) is 15.2 Å². The highest BCUT2D eigenvalue weighted by atomic mass is 32.1. The van der Waals surface area contributed by atoms with Crippen LogP contribution >= 0.6 is 11.3 Å². The van der Waals surface area contributed by atoms with E-state index < -0.39 is 0 Å². The van der Waals surface area contributed by atoms with Crippen LogP contribution in [0.25, 0.3) is 10.6 Å². The third-order valence-electron chi connectivity index (χ3n) is 5.39. The number of hydrogen-bond donors (Lipinski definition) is 1. The molecule has 6 nitrogen and oxygen atoms in total. The fraction of sp³-hybridized carbons (Fsp3) is 0.333. The molecule has 0 saturated carbocycles. The molecule has 1 N–H and O–H groups in total. The van der Waals surface area contributed by atoms with Crippen molar-refractivity contribution in [2.45, 2.75) is 20.4 Å². The molecule has 2 heterocycles. The SMILES string of the molecule is CCOc1ccccc1N1CCN(C(=O)NCc2sc(-c3ccccc3)nc2C)CC1. The number of carbonyl (C=O) groups excluding carboxylic acids is 1. The molecule has 1 aromatic heterocycles. The lowest BCUT2D eigenvalue weighted by Crippen LogP contribution is -2.51. The summed E-state index contributed by atoms with van der Waals surface area (Å²) in [4.78, 5) is 22.7. The Labute approximate surface area is 187 Å². The Balaban J connectivity index is 1.32. The van der Waals surface area contributed by atoms with Crippen LogP contribution in [0.4, 0.5) is 10.5 Å². The molecule has 1 aliphatic rings. The van der Waals surface area contributed by atoms with E-state index >= 15 is 0 Å². The monoisotopic (exact) mass is 436 g/mol. The molecule has 7 heteroatoms. The van der Waals surface area contributed by atoms with E-state index in [4.69, 9.17) is 4.74 Å². The summed E-state index contributed by atoms with van der Waals surface area (Å²) in [7, 11) is 0. The molecule has 162 valence electrons. The van der Waals surface area contributed by atoms with Gasteiger partial charge in [0.05, 0.1) is 24.5 Å². The van der Waals surface area contributed by atoms with Gasteiger partial charge in [-0.25, -0.2) is 9.78 Å². The summed E-state index contributed by atoms with van der Waals surface area (Å²) in [5, 5.41) is 4.06. The van der Waals surface area contributed by atoms with E-state index in [0.29, 0.717) is 26.2 Å². The molecule has 0 unspecified atom stereocenters. The third kappa shape index (κ3) is 4.99. The summed E-state index contributed by atoms with van der Waals surface area (Å²) < 4.78 is 5.76. The number of hydrogen-bond acceptors (Lipinski definition) is 5. The van der Waals surface area contributed by atoms with Gasteiger partial charge in [0.15, 0.2) is 0 Å². The van der Waals surface area contributed by atoms with Crippen LogP contribution in [0.1, 0.15) is 17.5 Å². The normalized spacial score (nSPS) is 13.9. The first-order valence-electron chi connectivity index (χ1n) is 10.7. The molecular weight excluding hydrogens is 408 g/mol. The maximum Gasteiger partial charge on any atom is 0.317 e. The van der Waals surface area contributed by atoms with Gasteiger partial charge in [-0.05, 0) is 26.0 Å². The minimum atomic E-state index is -0.0215. The van der Waals surface area contributed by atoms with Crippen molar-refractivity contribution in [2.24, 2.45) is 0 Å². The van der Waals surface area contributed by atoms with E-state index in [-0.39, 0.29) is 6.03 Å². The zero-order chi connectivity index (χ0) is 21.6. The summed E-state index contributed by atoms with van der Waals surface area (Å²) in [5.74, 6) is 0.901. The van der Waals surface area contributed by atoms with Crippen LogP contribution in [0.3, 0.4) is 0 Å². The van der Waals surface area contributed by atoms with Gasteiger partial charge in [0, 0.05) is 36.6 Å². The van der Waals surface area contributed by atoms with Gasteiger partial charge < -0.3 is 19.9 Å². The summed E-state index contributed by atoms with van der Waals surface area (Å²) in [6.45, 7) is 8.08. The second-order valence-corrected chi connectivity index (χ2v) is 8.51. The first-order valence-corrected chi connectivity index (χ1v) is 11.5. The number of aryl methyl sites for hydroxylation is 1. The van der Waals surface area contributed by atoms with Crippen molar-refractivity contribution in [2.75, 3.05) is 37.7 Å². The predicted molar refractivity (Wildman–Crippen MR) is 126 cm³/mol. The van der Waals surface area contributed by atoms with E-state index in [1.165, 1.54) is 0 Å². The summed E-state index contributed by atoms with van der Waals surface area (Å²) >= 11 is 1.64. The highest BCUT2D eigenvalue weighted by Gasteiger charge is 2.23. The van der Waals surface area contributed by atoms with E-state index in [0.717, 1.165) is 45.7 Å². The first-order chi connectivity index (χ1) is 15.2. The molecular formula is C24H28N4O2S. The zero-order valence-electron chi connectivity index (χ0n) is 18.0. The Bertz CT molecular complexity index is 1010. The predicted octanol–water partition coefficient (Wildman–Crippen LogP) is 4.55. The Morgan fingerprint density at radius 1 is 1.06 bits per heavy atom. The number of piperazine rings is 1. The number of carbonyl (C=O) groups is 1. The molecule has 2 aromatic carbocycles. The number of aromatic nitrogens is 1. The van der Waals surface area contributed by atoms with Crippen LogP contribution in [-0.4, -0.2) is 48.7 Å². The standard InChI is InChI=1S/C24H28N4O2S/c1-3-30-21-12-8-7-11-20(21)27-13-15-28(16-14-27)24(29)25-17-22-18(2)26-23(31-22)19-9-5-4-6-10-19/h4-12H,3,13-17H2,1-2H3,(H,25,29). The fourth-order valence-corrected chi connectivity index (χ4v) is 4.72. The number of urea groups is 1. The molecule has 3 aromatic rings. The maximum absolute atomic E-state index is 12.7. The summed E-state index contributed by atoms with van der Waals surface area (Å²) in [6.07, 6.45) is 0. The Kier molecular flexibility index (Phi) is 6.72. The van der Waals surface area contributed by atoms with Gasteiger partial charge in [-0.15, -0.1) is 11.3 Å². The van der Waals surface area contributed by atoms with E-state index in [1.807, 2.05) is 55.1 Å². The van der Waals surface area contributed by atoms with Gasteiger partial charge in [0.2, 0.25) is 0 Å². The number of benzene rings is 2. The molecule has 0 aliphatic carbocycles. The van der Waals surface area contributed by atoms with Gasteiger partial charge >= 0.3 is 6.03 Å². The molecule has 2 amide bonds. The fourth-order valence-electron chi connectivity index (χ4n) is 3.71. The van der Waals surface area contributed by atoms with Crippen LogP contribution in [0.2, 0.25) is 0 Å². The first kappa shape index (κ1) is 21.2. The molecule has 31 heavy (non-hydrogen) atoms. The summed E-state index contributed by atoms with van der Waals surface area (Å²) in [5.41, 5.74) is 3.18. The van der Waals surface area contributed by atoms with Crippen molar-refractivity contribution in [3.8, 4) is 16.3 Å². The average molecular weight is 437 g/mol. The van der Waals surface area contributed by atoms with Gasteiger partial charge in [0.25, 0.3) is 0 Å². The quantitative estimate of drug-likeness (QED) is 0.616. The van der Waals surface area contributed by atoms with Crippen molar-refractivity contribution in [1.29, 1.82) is 0 Å². The molecule has 4 rings (SSSR count). The van der Waals surface area contributed by atoms with Crippen LogP contribution in [-0.2, 0) is 6.54 Å². The van der Waals surface area contributed by atoms with Gasteiger partial charge in [-0.3, -0.25) is 0 Å². The van der Waals surface area contributed by atoms with E-state index in [9.17, 15) is 4.79 Å². The highest BCUT2D eigenvalue weighted by molar-refractivity contribution is 7.15. The number of rotatable bonds is 6. The largest absolute Gasteiger partial charge is 0.492 e. The Morgan fingerprint density at radius 3 is 2.52 bits per heavy atom. The maximum atomic E-state index is 12.7. The second-order valence-electron chi connectivity index (χ2n) is 7.43. The summed E-state index contributed by atoms with van der Waals surface area (Å²) in [6, 6.07) is 18.2. The molecule has 0 radical (unpaired) electrons. The lowest BCUT2D eigenvalue weighted by atomic mass is 10.2. The molecule has 0 atom stereocenters. The van der Waals surface area contributed by atoms with Gasteiger partial charge in [-0.1, -0.05) is 42.5 Å². The number of amides is 2. The Morgan fingerprint density at radius 2 is 1.77 bits per heavy atom. The number of para-hydroxylation sites is 2. The average Bonchev–Trinajstić information content (AvgIpc) is 3.19. The number of nitrogens with zero attached hydrogens (tertiary/aromatic N) is 3. The number of nitrogens with one attached hydrogen (secondary N) is 1. The van der Waals surface area contributed by atoms with Crippen molar-refractivity contribution >= 4 is 23.1 Å². The lowest BCUT2D eigenvalue weighted by molar-refractivity contribution is 0.194. The van der Waals surface area contributed by atoms with Crippen LogP contribution in [0, 0.1) is 6.92 Å². The second kappa shape index (κ2) is 9.83. The van der Waals surface area contributed by atoms with E-state index in [2.05, 4.69) is 33.4 Å². The molecule has 1 saturated heterocycles. The van der Waals surface area contributed by atoms with E-state index in [1.54, 1.807) is 11.3 Å². The zero-order valence-corrected chi connectivity index (χ0v) is 18.8. The van der Waals surface area contributed by atoms with Crippen molar-refractivity contribution in [3.05, 3.63) is 65.2 Å². The topological polar surface area (TPSA) is 57.7 Å². The van der Waals surface area contributed by atoms with Crippen LogP contribution < -0.4 is 15.0 Å². The number of ether oxygens (including phenoxy) is 1. The number of thiazole rings is 1. The van der Waals surface area contributed by atoms with Crippen molar-refractivity contribution in [3.63, 3.8) is 0 Å². The molecule has 1 aliphatic heterocycles.